The first-order valence-electron chi connectivity index (χ1n) is 6.67. The van der Waals surface area contributed by atoms with Crippen molar-refractivity contribution >= 4 is 11.9 Å². The smallest absolute Gasteiger partial charge is 0.323 e. The lowest BCUT2D eigenvalue weighted by Crippen LogP contribution is -2.40. The van der Waals surface area contributed by atoms with Crippen LogP contribution in [-0.2, 0) is 19.1 Å². The highest BCUT2D eigenvalue weighted by Crippen LogP contribution is 2.31. The summed E-state index contributed by atoms with van der Waals surface area (Å²) in [5.41, 5.74) is 3.39. The Morgan fingerprint density at radius 1 is 1.10 bits per heavy atom. The van der Waals surface area contributed by atoms with Gasteiger partial charge >= 0.3 is 11.9 Å². The molecule has 0 rings (SSSR count). The Balaban J connectivity index is 5.63. The molecule has 0 spiro atoms. The lowest BCUT2D eigenvalue weighted by atomic mass is 9.80. The Hall–Kier alpha value is -2.06. The van der Waals surface area contributed by atoms with Crippen molar-refractivity contribution in [2.75, 3.05) is 14.2 Å². The van der Waals surface area contributed by atoms with Crippen LogP contribution in [-0.4, -0.2) is 26.2 Å². The third kappa shape index (κ3) is 5.84. The fourth-order valence-corrected chi connectivity index (χ4v) is 1.78. The monoisotopic (exact) mass is 292 g/mol. The van der Waals surface area contributed by atoms with Crippen LogP contribution >= 0.6 is 0 Å². The molecule has 0 aliphatic heterocycles. The van der Waals surface area contributed by atoms with Gasteiger partial charge in [0.15, 0.2) is 5.41 Å². The van der Waals surface area contributed by atoms with Gasteiger partial charge in [-0.1, -0.05) is 24.3 Å². The Bertz CT molecular complexity index is 471. The van der Waals surface area contributed by atoms with Gasteiger partial charge in [0.1, 0.15) is 0 Å². The topological polar surface area (TPSA) is 52.6 Å². The number of hydrogen-bond donors (Lipinski definition) is 0. The van der Waals surface area contributed by atoms with Crippen molar-refractivity contribution < 1.29 is 19.1 Å². The Morgan fingerprint density at radius 2 is 1.62 bits per heavy atom. The normalized spacial score (nSPS) is 10.7. The largest absolute Gasteiger partial charge is 0.468 e. The molecule has 116 valence electrons. The highest BCUT2D eigenvalue weighted by Gasteiger charge is 2.46. The highest BCUT2D eigenvalue weighted by atomic mass is 16.5. The summed E-state index contributed by atoms with van der Waals surface area (Å²) in [7, 11) is 2.51. The average molecular weight is 292 g/mol. The lowest BCUT2D eigenvalue weighted by Gasteiger charge is -2.25. The molecule has 0 N–H and O–H groups in total. The number of carbonyl (C=O) groups is 2. The van der Waals surface area contributed by atoms with Crippen LogP contribution in [0, 0.1) is 5.41 Å². The quantitative estimate of drug-likeness (QED) is 0.312. The van der Waals surface area contributed by atoms with E-state index >= 15 is 0 Å². The van der Waals surface area contributed by atoms with Crippen LogP contribution < -0.4 is 0 Å². The zero-order valence-corrected chi connectivity index (χ0v) is 13.5. The zero-order valence-electron chi connectivity index (χ0n) is 13.5. The summed E-state index contributed by atoms with van der Waals surface area (Å²) in [5.74, 6) is -1.24. The minimum atomic E-state index is -1.39. The minimum absolute atomic E-state index is 0.165. The molecule has 0 atom stereocenters. The molecule has 0 saturated heterocycles. The summed E-state index contributed by atoms with van der Waals surface area (Å²) in [5, 5.41) is 0. The van der Waals surface area contributed by atoms with E-state index in [0.29, 0.717) is 0 Å². The maximum absolute atomic E-state index is 12.2. The van der Waals surface area contributed by atoms with Crippen LogP contribution in [0.25, 0.3) is 0 Å². The van der Waals surface area contributed by atoms with Gasteiger partial charge in [0.25, 0.3) is 0 Å². The molecule has 0 aromatic rings. The highest BCUT2D eigenvalue weighted by molar-refractivity contribution is 6.00. The Labute approximate surface area is 126 Å². The van der Waals surface area contributed by atoms with E-state index in [1.165, 1.54) is 14.2 Å². The van der Waals surface area contributed by atoms with E-state index in [4.69, 9.17) is 9.47 Å². The summed E-state index contributed by atoms with van der Waals surface area (Å²) in [6.07, 6.45) is 5.49. The number of rotatable bonds is 7. The number of carbonyl (C=O) groups excluding carboxylic acids is 2. The summed E-state index contributed by atoms with van der Waals surface area (Å²) < 4.78 is 9.61. The second-order valence-electron chi connectivity index (χ2n) is 5.07. The van der Waals surface area contributed by atoms with Gasteiger partial charge in [-0.05, 0) is 45.3 Å². The number of methoxy groups -OCH3 is 2. The first kappa shape index (κ1) is 18.9. The fraction of sp³-hybridized carbons (Fsp3) is 0.471. The standard InChI is InChI=1S/C17H24O4/c1-13(2)9-7-11-17(15(18)20-5,16(19)21-6)12-8-10-14(3)4/h7-9H,1,11-12H2,2-6H3/b9-7+. The lowest BCUT2D eigenvalue weighted by molar-refractivity contribution is -0.168. The van der Waals surface area contributed by atoms with Gasteiger partial charge < -0.3 is 9.47 Å². The van der Waals surface area contributed by atoms with E-state index in [-0.39, 0.29) is 12.8 Å². The van der Waals surface area contributed by atoms with Crippen LogP contribution in [0.15, 0.2) is 41.7 Å². The van der Waals surface area contributed by atoms with E-state index in [0.717, 1.165) is 11.1 Å². The molecule has 0 amide bonds. The van der Waals surface area contributed by atoms with Crippen molar-refractivity contribution in [3.8, 4) is 0 Å². The zero-order chi connectivity index (χ0) is 16.5. The van der Waals surface area contributed by atoms with E-state index in [9.17, 15) is 9.59 Å². The molecule has 4 heteroatoms. The molecule has 21 heavy (non-hydrogen) atoms. The molecule has 0 aromatic heterocycles. The molecule has 4 nitrogen and oxygen atoms in total. The predicted molar refractivity (Wildman–Crippen MR) is 82.6 cm³/mol. The van der Waals surface area contributed by atoms with Gasteiger partial charge in [-0.2, -0.15) is 0 Å². The molecular formula is C17H24O4. The van der Waals surface area contributed by atoms with E-state index < -0.39 is 17.4 Å². The maximum Gasteiger partial charge on any atom is 0.323 e. The van der Waals surface area contributed by atoms with Crippen molar-refractivity contribution in [3.63, 3.8) is 0 Å². The first-order chi connectivity index (χ1) is 9.80. The molecule has 0 unspecified atom stereocenters. The second-order valence-corrected chi connectivity index (χ2v) is 5.07. The molecule has 0 fully saturated rings. The molecule has 0 aliphatic carbocycles. The molecule has 0 aliphatic rings. The summed E-state index contributed by atoms with van der Waals surface area (Å²) in [4.78, 5) is 24.3. The molecule has 0 radical (unpaired) electrons. The van der Waals surface area contributed by atoms with Crippen molar-refractivity contribution in [2.24, 2.45) is 5.41 Å². The molecule has 0 heterocycles. The van der Waals surface area contributed by atoms with Crippen molar-refractivity contribution in [1.29, 1.82) is 0 Å². The van der Waals surface area contributed by atoms with Crippen LogP contribution in [0.5, 0.6) is 0 Å². The SMILES string of the molecule is C=C(C)/C=C/CC(CC=C=C(C)C)(C(=O)OC)C(=O)OC. The van der Waals surface area contributed by atoms with Crippen molar-refractivity contribution in [3.05, 3.63) is 41.7 Å². The first-order valence-corrected chi connectivity index (χ1v) is 6.67. The van der Waals surface area contributed by atoms with E-state index in [1.54, 1.807) is 18.2 Å². The summed E-state index contributed by atoms with van der Waals surface area (Å²) in [6.45, 7) is 9.35. The number of allylic oxidation sites excluding steroid dienone is 4. The molecular weight excluding hydrogens is 268 g/mol. The summed E-state index contributed by atoms with van der Waals surface area (Å²) >= 11 is 0. The summed E-state index contributed by atoms with van der Waals surface area (Å²) in [6, 6.07) is 0. The van der Waals surface area contributed by atoms with Crippen LogP contribution in [0.4, 0.5) is 0 Å². The number of hydrogen-bond acceptors (Lipinski definition) is 4. The number of ether oxygens (including phenoxy) is 2. The van der Waals surface area contributed by atoms with Gasteiger partial charge in [0.05, 0.1) is 14.2 Å². The third-order valence-corrected chi connectivity index (χ3v) is 2.86. The molecule has 0 aromatic carbocycles. The van der Waals surface area contributed by atoms with Crippen LogP contribution in [0.1, 0.15) is 33.6 Å². The molecule has 0 saturated carbocycles. The Morgan fingerprint density at radius 3 is 2.00 bits per heavy atom. The van der Waals surface area contributed by atoms with Crippen LogP contribution in [0.3, 0.4) is 0 Å². The Kier molecular flexibility index (Phi) is 8.10. The fourth-order valence-electron chi connectivity index (χ4n) is 1.78. The van der Waals surface area contributed by atoms with Gasteiger partial charge in [-0.25, -0.2) is 0 Å². The van der Waals surface area contributed by atoms with Crippen LogP contribution in [0.2, 0.25) is 0 Å². The van der Waals surface area contributed by atoms with Crippen molar-refractivity contribution in [1.82, 2.24) is 0 Å². The predicted octanol–water partition coefficient (Wildman–Crippen LogP) is 3.35. The maximum atomic E-state index is 12.2. The van der Waals surface area contributed by atoms with E-state index in [2.05, 4.69) is 12.3 Å². The number of esters is 2. The van der Waals surface area contributed by atoms with Gasteiger partial charge in [-0.15, -0.1) is 5.73 Å². The van der Waals surface area contributed by atoms with Gasteiger partial charge in [0, 0.05) is 0 Å². The minimum Gasteiger partial charge on any atom is -0.468 e. The second kappa shape index (κ2) is 8.98. The molecule has 0 bridgehead atoms. The average Bonchev–Trinajstić information content (AvgIpc) is 2.43. The third-order valence-electron chi connectivity index (χ3n) is 2.86. The van der Waals surface area contributed by atoms with Gasteiger partial charge in [0.2, 0.25) is 0 Å². The van der Waals surface area contributed by atoms with Gasteiger partial charge in [-0.3, -0.25) is 9.59 Å². The van der Waals surface area contributed by atoms with E-state index in [1.807, 2.05) is 20.8 Å². The van der Waals surface area contributed by atoms with Crippen molar-refractivity contribution in [2.45, 2.75) is 33.6 Å².